The van der Waals surface area contributed by atoms with Crippen LogP contribution in [0.2, 0.25) is 0 Å². The molecule has 10 heavy (non-hydrogen) atoms. The van der Waals surface area contributed by atoms with Crippen molar-refractivity contribution in [2.24, 2.45) is 0 Å². The molecule has 0 spiro atoms. The van der Waals surface area contributed by atoms with E-state index in [1.165, 1.54) is 0 Å². The van der Waals surface area contributed by atoms with E-state index in [-0.39, 0.29) is 0 Å². The van der Waals surface area contributed by atoms with Crippen molar-refractivity contribution >= 4 is 15.9 Å². The van der Waals surface area contributed by atoms with E-state index in [2.05, 4.69) is 39.3 Å². The standard InChI is InChI=1S/C7H11BrN2/c1-3-6(2)10-5-9-4-7(10)8/h4-6H,3H2,1-2H3/t6-/m1/s1. The van der Waals surface area contributed by atoms with Gasteiger partial charge in [0.05, 0.1) is 12.5 Å². The molecule has 0 bridgehead atoms. The van der Waals surface area contributed by atoms with Crippen LogP contribution in [0.15, 0.2) is 17.1 Å². The van der Waals surface area contributed by atoms with E-state index in [9.17, 15) is 0 Å². The summed E-state index contributed by atoms with van der Waals surface area (Å²) in [7, 11) is 0. The normalized spacial score (nSPS) is 13.5. The van der Waals surface area contributed by atoms with Crippen LogP contribution in [0.25, 0.3) is 0 Å². The lowest BCUT2D eigenvalue weighted by Gasteiger charge is -2.10. The molecule has 0 saturated heterocycles. The minimum absolute atomic E-state index is 0.539. The molecule has 1 atom stereocenters. The Labute approximate surface area is 69.4 Å². The fraction of sp³-hybridized carbons (Fsp3) is 0.571. The van der Waals surface area contributed by atoms with Crippen LogP contribution in [-0.4, -0.2) is 9.55 Å². The average Bonchev–Trinajstić information content (AvgIpc) is 2.34. The molecule has 0 aromatic carbocycles. The summed E-state index contributed by atoms with van der Waals surface area (Å²) in [5.74, 6) is 0. The van der Waals surface area contributed by atoms with Gasteiger partial charge in [0, 0.05) is 6.04 Å². The number of hydrogen-bond acceptors (Lipinski definition) is 1. The van der Waals surface area contributed by atoms with Gasteiger partial charge in [-0.15, -0.1) is 0 Å². The molecule has 0 aliphatic rings. The van der Waals surface area contributed by atoms with Gasteiger partial charge in [-0.1, -0.05) is 6.92 Å². The summed E-state index contributed by atoms with van der Waals surface area (Å²) < 4.78 is 3.17. The molecule has 1 aromatic rings. The lowest BCUT2D eigenvalue weighted by molar-refractivity contribution is 0.522. The van der Waals surface area contributed by atoms with Crippen molar-refractivity contribution < 1.29 is 0 Å². The molecule has 0 saturated carbocycles. The molecular weight excluding hydrogens is 192 g/mol. The Morgan fingerprint density at radius 1 is 1.80 bits per heavy atom. The molecule has 1 rings (SSSR count). The van der Waals surface area contributed by atoms with Crippen LogP contribution < -0.4 is 0 Å². The van der Waals surface area contributed by atoms with E-state index in [0.717, 1.165) is 11.0 Å². The fourth-order valence-corrected chi connectivity index (χ4v) is 1.37. The van der Waals surface area contributed by atoms with Gasteiger partial charge in [-0.2, -0.15) is 0 Å². The summed E-state index contributed by atoms with van der Waals surface area (Å²) in [5.41, 5.74) is 0. The van der Waals surface area contributed by atoms with Gasteiger partial charge in [0.2, 0.25) is 0 Å². The fourth-order valence-electron chi connectivity index (χ4n) is 0.810. The predicted octanol–water partition coefficient (Wildman–Crippen LogP) is 2.62. The van der Waals surface area contributed by atoms with Gasteiger partial charge in [-0.05, 0) is 29.3 Å². The minimum atomic E-state index is 0.539. The molecule has 56 valence electrons. The van der Waals surface area contributed by atoms with Crippen LogP contribution in [-0.2, 0) is 0 Å². The molecule has 1 aromatic heterocycles. The van der Waals surface area contributed by atoms with Gasteiger partial charge in [-0.25, -0.2) is 4.98 Å². The van der Waals surface area contributed by atoms with Crippen molar-refractivity contribution in [2.75, 3.05) is 0 Å². The average molecular weight is 203 g/mol. The maximum Gasteiger partial charge on any atom is 0.105 e. The Morgan fingerprint density at radius 3 is 2.90 bits per heavy atom. The van der Waals surface area contributed by atoms with E-state index in [1.54, 1.807) is 0 Å². The van der Waals surface area contributed by atoms with Crippen molar-refractivity contribution in [3.8, 4) is 0 Å². The first-order valence-electron chi connectivity index (χ1n) is 3.43. The third-order valence-corrected chi connectivity index (χ3v) is 2.30. The van der Waals surface area contributed by atoms with Crippen molar-refractivity contribution in [1.29, 1.82) is 0 Å². The highest BCUT2D eigenvalue weighted by Gasteiger charge is 2.03. The van der Waals surface area contributed by atoms with Gasteiger partial charge in [0.25, 0.3) is 0 Å². The zero-order valence-corrected chi connectivity index (χ0v) is 7.80. The first kappa shape index (κ1) is 7.79. The first-order valence-corrected chi connectivity index (χ1v) is 4.22. The Bertz CT molecular complexity index is 207. The minimum Gasteiger partial charge on any atom is -0.323 e. The Kier molecular flexibility index (Phi) is 2.49. The van der Waals surface area contributed by atoms with Crippen LogP contribution in [0, 0.1) is 0 Å². The summed E-state index contributed by atoms with van der Waals surface area (Å²) in [6.07, 6.45) is 4.79. The van der Waals surface area contributed by atoms with Gasteiger partial charge >= 0.3 is 0 Å². The van der Waals surface area contributed by atoms with Gasteiger partial charge < -0.3 is 4.57 Å². The lowest BCUT2D eigenvalue weighted by atomic mass is 10.3. The maximum atomic E-state index is 4.01. The van der Waals surface area contributed by atoms with Crippen LogP contribution >= 0.6 is 15.9 Å². The number of rotatable bonds is 2. The Balaban J connectivity index is 2.82. The monoisotopic (exact) mass is 202 g/mol. The smallest absolute Gasteiger partial charge is 0.105 e. The second-order valence-electron chi connectivity index (χ2n) is 2.38. The Morgan fingerprint density at radius 2 is 2.50 bits per heavy atom. The molecule has 3 heteroatoms. The van der Waals surface area contributed by atoms with Gasteiger partial charge in [0.15, 0.2) is 0 Å². The largest absolute Gasteiger partial charge is 0.323 e. The summed E-state index contributed by atoms with van der Waals surface area (Å²) >= 11 is 3.41. The summed E-state index contributed by atoms with van der Waals surface area (Å²) in [4.78, 5) is 4.01. The summed E-state index contributed by atoms with van der Waals surface area (Å²) in [6.45, 7) is 4.34. The molecule has 0 amide bonds. The SMILES string of the molecule is CC[C@@H](C)n1cncc1Br. The molecule has 0 N–H and O–H groups in total. The number of halogens is 1. The topological polar surface area (TPSA) is 17.8 Å². The number of hydrogen-bond donors (Lipinski definition) is 0. The summed E-state index contributed by atoms with van der Waals surface area (Å²) in [5, 5.41) is 0. The molecular formula is C7H11BrN2. The van der Waals surface area contributed by atoms with Gasteiger partial charge in [-0.3, -0.25) is 0 Å². The zero-order chi connectivity index (χ0) is 7.56. The predicted molar refractivity (Wildman–Crippen MR) is 44.9 cm³/mol. The van der Waals surface area contributed by atoms with E-state index in [0.29, 0.717) is 6.04 Å². The number of nitrogens with zero attached hydrogens (tertiary/aromatic N) is 2. The van der Waals surface area contributed by atoms with Crippen molar-refractivity contribution in [2.45, 2.75) is 26.3 Å². The molecule has 1 heterocycles. The second-order valence-corrected chi connectivity index (χ2v) is 3.19. The molecule has 0 aliphatic heterocycles. The van der Waals surface area contributed by atoms with Crippen LogP contribution in [0.3, 0.4) is 0 Å². The second kappa shape index (κ2) is 3.19. The third-order valence-electron chi connectivity index (χ3n) is 1.68. The lowest BCUT2D eigenvalue weighted by Crippen LogP contribution is -2.01. The number of imidazole rings is 1. The van der Waals surface area contributed by atoms with E-state index >= 15 is 0 Å². The van der Waals surface area contributed by atoms with Crippen molar-refractivity contribution in [3.05, 3.63) is 17.1 Å². The third kappa shape index (κ3) is 1.40. The van der Waals surface area contributed by atoms with E-state index < -0.39 is 0 Å². The highest BCUT2D eigenvalue weighted by Crippen LogP contribution is 2.16. The van der Waals surface area contributed by atoms with E-state index in [4.69, 9.17) is 0 Å². The van der Waals surface area contributed by atoms with Crippen molar-refractivity contribution in [1.82, 2.24) is 9.55 Å². The zero-order valence-electron chi connectivity index (χ0n) is 6.21. The summed E-state index contributed by atoms with van der Waals surface area (Å²) in [6, 6.07) is 0.539. The highest BCUT2D eigenvalue weighted by atomic mass is 79.9. The molecule has 0 radical (unpaired) electrons. The van der Waals surface area contributed by atoms with Crippen LogP contribution in [0.1, 0.15) is 26.3 Å². The van der Waals surface area contributed by atoms with Crippen LogP contribution in [0.5, 0.6) is 0 Å². The maximum absolute atomic E-state index is 4.01. The van der Waals surface area contributed by atoms with E-state index in [1.807, 2.05) is 12.5 Å². The quantitative estimate of drug-likeness (QED) is 0.722. The Hall–Kier alpha value is -0.310. The van der Waals surface area contributed by atoms with Crippen LogP contribution in [0.4, 0.5) is 0 Å². The number of aromatic nitrogens is 2. The molecule has 0 fully saturated rings. The molecule has 0 unspecified atom stereocenters. The highest BCUT2D eigenvalue weighted by molar-refractivity contribution is 9.10. The first-order chi connectivity index (χ1) is 4.75. The van der Waals surface area contributed by atoms with Gasteiger partial charge in [0.1, 0.15) is 4.60 Å². The van der Waals surface area contributed by atoms with Crippen molar-refractivity contribution in [3.63, 3.8) is 0 Å². The molecule has 0 aliphatic carbocycles. The molecule has 2 nitrogen and oxygen atoms in total.